The predicted molar refractivity (Wildman–Crippen MR) is 168 cm³/mol. The summed E-state index contributed by atoms with van der Waals surface area (Å²) in [7, 11) is 2.00. The lowest BCUT2D eigenvalue weighted by Gasteiger charge is -2.43. The Morgan fingerprint density at radius 2 is 1.65 bits per heavy atom. The highest BCUT2D eigenvalue weighted by atomic mass is 35.5. The number of halogens is 2. The van der Waals surface area contributed by atoms with Gasteiger partial charge in [0.1, 0.15) is 0 Å². The molecule has 3 aromatic carbocycles. The van der Waals surface area contributed by atoms with Crippen molar-refractivity contribution in [2.45, 2.75) is 69.2 Å². The van der Waals surface area contributed by atoms with Gasteiger partial charge in [-0.25, -0.2) is 0 Å². The van der Waals surface area contributed by atoms with Gasteiger partial charge in [-0.2, -0.15) is 0 Å². The van der Waals surface area contributed by atoms with Crippen molar-refractivity contribution in [2.24, 2.45) is 0 Å². The van der Waals surface area contributed by atoms with Crippen molar-refractivity contribution in [2.75, 3.05) is 20.1 Å². The van der Waals surface area contributed by atoms with Gasteiger partial charge in [-0.05, 0) is 97.6 Å². The molecule has 0 saturated carbocycles. The minimum absolute atomic E-state index is 0.00916. The molecule has 3 nitrogen and oxygen atoms in total. The number of likely N-dealkylation sites (N-methyl/N-ethyl adjacent to an activating group) is 1. The van der Waals surface area contributed by atoms with Crippen LogP contribution in [-0.4, -0.2) is 37.0 Å². The molecule has 1 aliphatic heterocycles. The predicted octanol–water partition coefficient (Wildman–Crippen LogP) is 8.91. The molecule has 2 unspecified atom stereocenters. The SMILES string of the molecule is CCCCC(CCC(C1=Cc2ccccc2C12CCNCC2)N(C)C(=O)c1ccccc1)c1ccc(Cl)c(Cl)c1. The summed E-state index contributed by atoms with van der Waals surface area (Å²) in [5.74, 6) is 0.428. The van der Waals surface area contributed by atoms with Gasteiger partial charge in [0.05, 0.1) is 16.1 Å². The molecule has 40 heavy (non-hydrogen) atoms. The van der Waals surface area contributed by atoms with Crippen LogP contribution in [0.3, 0.4) is 0 Å². The highest BCUT2D eigenvalue weighted by molar-refractivity contribution is 6.42. The number of carbonyl (C=O) groups excluding carboxylic acids is 1. The van der Waals surface area contributed by atoms with Gasteiger partial charge in [0.2, 0.25) is 0 Å². The van der Waals surface area contributed by atoms with Crippen molar-refractivity contribution < 1.29 is 4.79 Å². The summed E-state index contributed by atoms with van der Waals surface area (Å²) in [6, 6.07) is 24.6. The Kier molecular flexibility index (Phi) is 9.35. The second-order valence-corrected chi connectivity index (χ2v) is 12.2. The Morgan fingerprint density at radius 3 is 2.38 bits per heavy atom. The Bertz CT molecular complexity index is 1350. The highest BCUT2D eigenvalue weighted by Gasteiger charge is 2.46. The Balaban J connectivity index is 1.52. The average Bonchev–Trinajstić information content (AvgIpc) is 3.29. The summed E-state index contributed by atoms with van der Waals surface area (Å²) in [6.45, 7) is 4.21. The topological polar surface area (TPSA) is 32.3 Å². The van der Waals surface area contributed by atoms with Crippen LogP contribution in [0.2, 0.25) is 10.0 Å². The molecule has 2 atom stereocenters. The first-order valence-corrected chi connectivity index (χ1v) is 15.5. The van der Waals surface area contributed by atoms with E-state index in [1.54, 1.807) is 0 Å². The van der Waals surface area contributed by atoms with Gasteiger partial charge in [0.25, 0.3) is 5.91 Å². The van der Waals surface area contributed by atoms with Gasteiger partial charge in [0, 0.05) is 18.0 Å². The van der Waals surface area contributed by atoms with Gasteiger partial charge in [-0.15, -0.1) is 0 Å². The lowest BCUT2D eigenvalue weighted by Crippen LogP contribution is -2.47. The molecule has 1 aliphatic carbocycles. The van der Waals surface area contributed by atoms with E-state index in [4.69, 9.17) is 23.2 Å². The zero-order chi connectivity index (χ0) is 28.1. The van der Waals surface area contributed by atoms with Crippen LogP contribution >= 0.6 is 23.2 Å². The zero-order valence-electron chi connectivity index (χ0n) is 23.6. The number of nitrogens with zero attached hydrogens (tertiary/aromatic N) is 1. The van der Waals surface area contributed by atoms with E-state index in [-0.39, 0.29) is 17.4 Å². The highest BCUT2D eigenvalue weighted by Crippen LogP contribution is 2.51. The first-order chi connectivity index (χ1) is 19.4. The van der Waals surface area contributed by atoms with E-state index in [2.05, 4.69) is 48.6 Å². The monoisotopic (exact) mass is 574 g/mol. The fraction of sp³-hybridized carbons (Fsp3) is 0.400. The number of hydrogen-bond acceptors (Lipinski definition) is 2. The maximum atomic E-state index is 13.9. The largest absolute Gasteiger partial charge is 0.335 e. The first-order valence-electron chi connectivity index (χ1n) is 14.7. The van der Waals surface area contributed by atoms with Crippen molar-refractivity contribution in [1.29, 1.82) is 0 Å². The van der Waals surface area contributed by atoms with Crippen molar-refractivity contribution in [3.8, 4) is 0 Å². The van der Waals surface area contributed by atoms with Crippen molar-refractivity contribution in [1.82, 2.24) is 10.2 Å². The van der Waals surface area contributed by atoms with Gasteiger partial charge < -0.3 is 10.2 Å². The molecular weight excluding hydrogens is 535 g/mol. The molecule has 1 N–H and O–H groups in total. The minimum Gasteiger partial charge on any atom is -0.335 e. The molecule has 3 aromatic rings. The molecule has 210 valence electrons. The molecular formula is C35H40Cl2N2O. The minimum atomic E-state index is -0.0414. The third-order valence-electron chi connectivity index (χ3n) is 9.07. The van der Waals surface area contributed by atoms with Crippen molar-refractivity contribution in [3.05, 3.63) is 111 Å². The van der Waals surface area contributed by atoms with Crippen LogP contribution < -0.4 is 5.32 Å². The van der Waals surface area contributed by atoms with E-state index in [1.165, 1.54) is 22.3 Å². The molecule has 1 fully saturated rings. The maximum absolute atomic E-state index is 13.9. The normalized spacial score (nSPS) is 17.2. The quantitative estimate of drug-likeness (QED) is 0.262. The molecule has 0 radical (unpaired) electrons. The molecule has 2 aliphatic rings. The Morgan fingerprint density at radius 1 is 0.925 bits per heavy atom. The summed E-state index contributed by atoms with van der Waals surface area (Å²) >= 11 is 12.7. The summed E-state index contributed by atoms with van der Waals surface area (Å²) in [5.41, 5.74) is 6.04. The van der Waals surface area contributed by atoms with E-state index in [1.807, 2.05) is 54.4 Å². The van der Waals surface area contributed by atoms with Crippen molar-refractivity contribution >= 4 is 35.2 Å². The molecule has 0 aromatic heterocycles. The number of hydrogen-bond donors (Lipinski definition) is 1. The number of nitrogens with one attached hydrogen (secondary N) is 1. The van der Waals surface area contributed by atoms with E-state index >= 15 is 0 Å². The fourth-order valence-corrected chi connectivity index (χ4v) is 7.19. The maximum Gasteiger partial charge on any atom is 0.254 e. The lowest BCUT2D eigenvalue weighted by molar-refractivity contribution is 0.0733. The van der Waals surface area contributed by atoms with E-state index < -0.39 is 0 Å². The van der Waals surface area contributed by atoms with Gasteiger partial charge in [0.15, 0.2) is 0 Å². The van der Waals surface area contributed by atoms with Gasteiger partial charge >= 0.3 is 0 Å². The number of rotatable bonds is 10. The molecule has 1 saturated heterocycles. The smallest absolute Gasteiger partial charge is 0.254 e. The summed E-state index contributed by atoms with van der Waals surface area (Å²) in [5, 5.41) is 4.78. The van der Waals surface area contributed by atoms with Crippen LogP contribution in [0.5, 0.6) is 0 Å². The number of unbranched alkanes of at least 4 members (excludes halogenated alkanes) is 1. The summed E-state index contributed by atoms with van der Waals surface area (Å²) < 4.78 is 0. The van der Waals surface area contributed by atoms with Crippen LogP contribution in [0.15, 0.2) is 78.4 Å². The fourth-order valence-electron chi connectivity index (χ4n) is 6.88. The molecule has 0 bridgehead atoms. The van der Waals surface area contributed by atoms with Crippen LogP contribution in [-0.2, 0) is 5.41 Å². The summed E-state index contributed by atoms with van der Waals surface area (Å²) in [6.07, 6.45) is 9.74. The third-order valence-corrected chi connectivity index (χ3v) is 9.81. The van der Waals surface area contributed by atoms with E-state index in [9.17, 15) is 4.79 Å². The summed E-state index contributed by atoms with van der Waals surface area (Å²) in [4.78, 5) is 15.9. The second-order valence-electron chi connectivity index (χ2n) is 11.4. The second kappa shape index (κ2) is 12.9. The first kappa shape index (κ1) is 28.9. The Hall–Kier alpha value is -2.59. The van der Waals surface area contributed by atoms with Crippen molar-refractivity contribution in [3.63, 3.8) is 0 Å². The standard InChI is InChI=1S/C35H40Cl2N2O/c1-3-4-10-25(27-15-17-31(36)32(37)24-27)16-18-33(39(2)34(40)26-11-6-5-7-12-26)30-23-28-13-8-9-14-29(28)35(30)19-21-38-22-20-35/h5-9,11-15,17,23-25,33,38H,3-4,10,16,18-22H2,1-2H3. The Labute approximate surface area is 249 Å². The number of fused-ring (bicyclic) bond motifs is 2. The molecule has 5 heteroatoms. The van der Waals surface area contributed by atoms with E-state index in [0.29, 0.717) is 16.0 Å². The molecule has 1 amide bonds. The van der Waals surface area contributed by atoms with Gasteiger partial charge in [-0.1, -0.05) is 97.6 Å². The average molecular weight is 576 g/mol. The molecule has 1 heterocycles. The number of benzene rings is 3. The van der Waals surface area contributed by atoms with Crippen LogP contribution in [0.4, 0.5) is 0 Å². The number of carbonyl (C=O) groups is 1. The zero-order valence-corrected chi connectivity index (χ0v) is 25.1. The van der Waals surface area contributed by atoms with Gasteiger partial charge in [-0.3, -0.25) is 4.79 Å². The van der Waals surface area contributed by atoms with Crippen LogP contribution in [0, 0.1) is 0 Å². The molecule has 1 spiro atoms. The van der Waals surface area contributed by atoms with E-state index in [0.717, 1.165) is 63.6 Å². The van der Waals surface area contributed by atoms with Crippen LogP contribution in [0.25, 0.3) is 6.08 Å². The van der Waals surface area contributed by atoms with Crippen LogP contribution in [0.1, 0.15) is 84.8 Å². The molecule has 5 rings (SSSR count). The third kappa shape index (κ3) is 5.88. The lowest BCUT2D eigenvalue weighted by atomic mass is 9.67. The number of amides is 1. The number of piperidine rings is 1.